The van der Waals surface area contributed by atoms with Gasteiger partial charge in [-0.05, 0) is 37.7 Å². The predicted octanol–water partition coefficient (Wildman–Crippen LogP) is 4.03. The second-order valence-corrected chi connectivity index (χ2v) is 9.79. The number of hydrogen-bond donors (Lipinski definition) is 0. The second-order valence-electron chi connectivity index (χ2n) is 8.95. The van der Waals surface area contributed by atoms with Crippen LogP contribution in [0.2, 0.25) is 0 Å². The van der Waals surface area contributed by atoms with Crippen LogP contribution in [-0.4, -0.2) is 66.7 Å². The third-order valence-corrected chi connectivity index (χ3v) is 7.68. The van der Waals surface area contributed by atoms with Crippen molar-refractivity contribution in [1.82, 2.24) is 9.80 Å². The molecule has 0 spiro atoms. The number of piperidine rings is 1. The van der Waals surface area contributed by atoms with E-state index in [-0.39, 0.29) is 24.2 Å². The van der Waals surface area contributed by atoms with Gasteiger partial charge in [0.05, 0.1) is 50.5 Å². The standard InChI is InChI=1S/C27H33N3O6S/c1-5-20-23(26(33)35-4)24(19-11-7-8-12-21(19)34-3)30-18(16-37-27(30)28-20)14-22(31)29-13-9-10-17(15-29)25(32)36-6-2/h7-8,11-12,16-17,24H,5-6,9-10,13-15H2,1-4H3/t17-,24+/m1/s1. The number of rotatable bonds is 8. The zero-order chi connectivity index (χ0) is 26.5. The van der Waals surface area contributed by atoms with Crippen LogP contribution in [0, 0.1) is 5.92 Å². The lowest BCUT2D eigenvalue weighted by Crippen LogP contribution is -2.44. The van der Waals surface area contributed by atoms with E-state index in [4.69, 9.17) is 19.2 Å². The van der Waals surface area contributed by atoms with Gasteiger partial charge >= 0.3 is 11.9 Å². The van der Waals surface area contributed by atoms with Crippen molar-refractivity contribution >= 4 is 34.8 Å². The summed E-state index contributed by atoms with van der Waals surface area (Å²) in [5, 5.41) is 2.62. The minimum absolute atomic E-state index is 0.0780. The van der Waals surface area contributed by atoms with Crippen LogP contribution in [0.25, 0.3) is 0 Å². The summed E-state index contributed by atoms with van der Waals surface area (Å²) in [4.78, 5) is 47.3. The van der Waals surface area contributed by atoms with Crippen molar-refractivity contribution in [3.8, 4) is 5.75 Å². The average molecular weight is 528 g/mol. The number of thioether (sulfide) groups is 1. The van der Waals surface area contributed by atoms with Gasteiger partial charge < -0.3 is 24.0 Å². The Morgan fingerprint density at radius 2 is 1.95 bits per heavy atom. The molecule has 1 fully saturated rings. The molecule has 3 heterocycles. The maximum atomic E-state index is 13.4. The maximum Gasteiger partial charge on any atom is 0.338 e. The number of ether oxygens (including phenoxy) is 3. The highest BCUT2D eigenvalue weighted by atomic mass is 32.2. The summed E-state index contributed by atoms with van der Waals surface area (Å²) in [5.74, 6) is -0.477. The Bertz CT molecular complexity index is 1160. The number of amides is 1. The first-order valence-corrected chi connectivity index (χ1v) is 13.4. The van der Waals surface area contributed by atoms with E-state index in [9.17, 15) is 14.4 Å². The summed E-state index contributed by atoms with van der Waals surface area (Å²) in [6.07, 6.45) is 2.12. The quantitative estimate of drug-likeness (QED) is 0.468. The summed E-state index contributed by atoms with van der Waals surface area (Å²) in [6, 6.07) is 6.97. The largest absolute Gasteiger partial charge is 0.496 e. The molecule has 1 aromatic carbocycles. The summed E-state index contributed by atoms with van der Waals surface area (Å²) in [7, 11) is 2.95. The van der Waals surface area contributed by atoms with Gasteiger partial charge in [0.15, 0.2) is 5.17 Å². The van der Waals surface area contributed by atoms with Crippen molar-refractivity contribution in [3.63, 3.8) is 0 Å². The molecule has 10 heteroatoms. The summed E-state index contributed by atoms with van der Waals surface area (Å²) in [5.41, 5.74) is 2.60. The number of likely N-dealkylation sites (tertiary alicyclic amines) is 1. The Morgan fingerprint density at radius 3 is 2.65 bits per heavy atom. The third-order valence-electron chi connectivity index (χ3n) is 6.79. The van der Waals surface area contributed by atoms with Gasteiger partial charge in [0.2, 0.25) is 5.91 Å². The SMILES string of the molecule is CCOC(=O)[C@@H]1CCCN(C(=O)CC2=CSC3=NC(CC)=C(C(=O)OC)[C@H](c4ccccc4OC)N23)C1. The number of hydrogen-bond acceptors (Lipinski definition) is 9. The van der Waals surface area contributed by atoms with Crippen molar-refractivity contribution in [3.05, 3.63) is 52.2 Å². The molecule has 1 aromatic rings. The van der Waals surface area contributed by atoms with Crippen molar-refractivity contribution in [1.29, 1.82) is 0 Å². The number of fused-ring (bicyclic) bond motifs is 1. The van der Waals surface area contributed by atoms with Gasteiger partial charge in [-0.15, -0.1) is 0 Å². The number of carbonyl (C=O) groups is 3. The van der Waals surface area contributed by atoms with Crippen LogP contribution in [0.5, 0.6) is 5.75 Å². The van der Waals surface area contributed by atoms with Gasteiger partial charge in [-0.1, -0.05) is 36.9 Å². The third kappa shape index (κ3) is 5.39. The normalized spacial score (nSPS) is 21.2. The molecular formula is C27H33N3O6S. The first-order chi connectivity index (χ1) is 17.9. The summed E-state index contributed by atoms with van der Waals surface area (Å²) >= 11 is 1.43. The van der Waals surface area contributed by atoms with Gasteiger partial charge in [0, 0.05) is 24.4 Å². The highest BCUT2D eigenvalue weighted by Gasteiger charge is 2.43. The molecule has 2 atom stereocenters. The molecule has 37 heavy (non-hydrogen) atoms. The fraction of sp³-hybridized carbons (Fsp3) is 0.481. The molecule has 198 valence electrons. The predicted molar refractivity (Wildman–Crippen MR) is 141 cm³/mol. The fourth-order valence-electron chi connectivity index (χ4n) is 5.02. The number of benzene rings is 1. The number of esters is 2. The highest BCUT2D eigenvalue weighted by Crippen LogP contribution is 2.47. The number of carbonyl (C=O) groups excluding carboxylic acids is 3. The molecule has 0 radical (unpaired) electrons. The zero-order valence-corrected chi connectivity index (χ0v) is 22.5. The Kier molecular flexibility index (Phi) is 8.58. The molecule has 0 aromatic heterocycles. The summed E-state index contributed by atoms with van der Waals surface area (Å²) < 4.78 is 16.0. The summed E-state index contributed by atoms with van der Waals surface area (Å²) in [6.45, 7) is 5.00. The van der Waals surface area contributed by atoms with Gasteiger partial charge in [0.25, 0.3) is 0 Å². The van der Waals surface area contributed by atoms with Crippen LogP contribution >= 0.6 is 11.8 Å². The Morgan fingerprint density at radius 1 is 1.16 bits per heavy atom. The van der Waals surface area contributed by atoms with Crippen LogP contribution in [0.4, 0.5) is 0 Å². The Labute approximate surface area is 221 Å². The molecule has 0 bridgehead atoms. The minimum atomic E-state index is -0.561. The van der Waals surface area contributed by atoms with E-state index in [2.05, 4.69) is 0 Å². The van der Waals surface area contributed by atoms with Crippen molar-refractivity contribution in [2.45, 2.75) is 45.6 Å². The van der Waals surface area contributed by atoms with E-state index < -0.39 is 12.0 Å². The average Bonchev–Trinajstić information content (AvgIpc) is 3.33. The Hall–Kier alpha value is -3.27. The van der Waals surface area contributed by atoms with Gasteiger partial charge in [-0.25, -0.2) is 9.79 Å². The lowest BCUT2D eigenvalue weighted by atomic mass is 9.92. The zero-order valence-electron chi connectivity index (χ0n) is 21.7. The lowest BCUT2D eigenvalue weighted by Gasteiger charge is -2.38. The highest BCUT2D eigenvalue weighted by molar-refractivity contribution is 8.16. The van der Waals surface area contributed by atoms with Crippen LogP contribution < -0.4 is 4.74 Å². The lowest BCUT2D eigenvalue weighted by molar-refractivity contribution is -0.151. The van der Waals surface area contributed by atoms with Crippen LogP contribution in [0.1, 0.15) is 51.1 Å². The first kappa shape index (κ1) is 26.8. The molecule has 3 aliphatic rings. The van der Waals surface area contributed by atoms with E-state index in [1.807, 2.05) is 41.5 Å². The monoisotopic (exact) mass is 527 g/mol. The van der Waals surface area contributed by atoms with E-state index in [0.717, 1.165) is 17.7 Å². The molecule has 9 nitrogen and oxygen atoms in total. The van der Waals surface area contributed by atoms with Crippen LogP contribution in [0.15, 0.2) is 51.6 Å². The number of para-hydroxylation sites is 1. The van der Waals surface area contributed by atoms with Crippen LogP contribution in [-0.2, 0) is 23.9 Å². The van der Waals surface area contributed by atoms with Crippen molar-refractivity contribution < 1.29 is 28.6 Å². The number of amidine groups is 1. The Balaban J connectivity index is 1.65. The smallest absolute Gasteiger partial charge is 0.338 e. The van der Waals surface area contributed by atoms with E-state index >= 15 is 0 Å². The molecule has 1 saturated heterocycles. The number of methoxy groups -OCH3 is 2. The number of nitrogens with zero attached hydrogens (tertiary/aromatic N) is 3. The van der Waals surface area contributed by atoms with Crippen molar-refractivity contribution in [2.24, 2.45) is 10.9 Å². The maximum absolute atomic E-state index is 13.4. The molecule has 0 N–H and O–H groups in total. The topological polar surface area (TPSA) is 97.7 Å². The molecule has 0 unspecified atom stereocenters. The molecule has 0 aliphatic carbocycles. The van der Waals surface area contributed by atoms with Gasteiger partial charge in [-0.2, -0.15) is 0 Å². The number of allylic oxidation sites excluding steroid dienone is 1. The van der Waals surface area contributed by atoms with Crippen molar-refractivity contribution in [2.75, 3.05) is 33.9 Å². The van der Waals surface area contributed by atoms with E-state index in [0.29, 0.717) is 54.7 Å². The molecular weight excluding hydrogens is 494 g/mol. The van der Waals surface area contributed by atoms with Gasteiger partial charge in [-0.3, -0.25) is 9.59 Å². The van der Waals surface area contributed by atoms with E-state index in [1.54, 1.807) is 18.9 Å². The molecule has 4 rings (SSSR count). The van der Waals surface area contributed by atoms with E-state index in [1.165, 1.54) is 18.9 Å². The minimum Gasteiger partial charge on any atom is -0.496 e. The number of aliphatic imine (C=N–C) groups is 1. The fourth-order valence-corrected chi connectivity index (χ4v) is 5.96. The second kappa shape index (κ2) is 11.9. The molecule has 3 aliphatic heterocycles. The molecule has 1 amide bonds. The van der Waals surface area contributed by atoms with Crippen LogP contribution in [0.3, 0.4) is 0 Å². The first-order valence-electron chi connectivity index (χ1n) is 12.6. The van der Waals surface area contributed by atoms with Gasteiger partial charge in [0.1, 0.15) is 5.75 Å². The molecule has 0 saturated carbocycles.